The lowest BCUT2D eigenvalue weighted by Gasteiger charge is -2.05. The number of phenols is 1. The highest BCUT2D eigenvalue weighted by Crippen LogP contribution is 2.14. The van der Waals surface area contributed by atoms with Crippen molar-refractivity contribution in [3.63, 3.8) is 0 Å². The van der Waals surface area contributed by atoms with Gasteiger partial charge in [-0.05, 0) is 6.07 Å². The first-order valence-corrected chi connectivity index (χ1v) is 5.08. The van der Waals surface area contributed by atoms with E-state index in [2.05, 4.69) is 15.3 Å². The smallest absolute Gasteiger partial charge is 0.120 e. The lowest BCUT2D eigenvalue weighted by molar-refractivity contribution is 0.464. The number of aromatic hydroxyl groups is 1. The van der Waals surface area contributed by atoms with Crippen LogP contribution in [0.2, 0.25) is 0 Å². The summed E-state index contributed by atoms with van der Waals surface area (Å²) in [5.41, 5.74) is 1.91. The molecule has 0 atom stereocenters. The van der Waals surface area contributed by atoms with Gasteiger partial charge < -0.3 is 10.4 Å². The van der Waals surface area contributed by atoms with E-state index in [1.54, 1.807) is 18.5 Å². The first-order chi connectivity index (χ1) is 7.86. The molecule has 1 aromatic heterocycles. The molecule has 82 valence electrons. The van der Waals surface area contributed by atoms with Gasteiger partial charge >= 0.3 is 0 Å². The second kappa shape index (κ2) is 5.23. The maximum absolute atomic E-state index is 9.54. The van der Waals surface area contributed by atoms with Crippen molar-refractivity contribution in [2.24, 2.45) is 0 Å². The van der Waals surface area contributed by atoms with Gasteiger partial charge in [-0.25, -0.2) is 9.97 Å². The van der Waals surface area contributed by atoms with E-state index < -0.39 is 0 Å². The Balaban J connectivity index is 1.87. The Morgan fingerprint density at radius 2 is 1.81 bits per heavy atom. The Morgan fingerprint density at radius 3 is 2.56 bits per heavy atom. The molecule has 2 rings (SSSR count). The molecular weight excluding hydrogens is 202 g/mol. The molecular formula is C12H13N3O. The minimum Gasteiger partial charge on any atom is -0.508 e. The summed E-state index contributed by atoms with van der Waals surface area (Å²) in [7, 11) is 0. The minimum absolute atomic E-state index is 0.319. The lowest BCUT2D eigenvalue weighted by Crippen LogP contribution is -2.13. The van der Waals surface area contributed by atoms with Gasteiger partial charge in [0, 0.05) is 36.6 Å². The van der Waals surface area contributed by atoms with E-state index in [9.17, 15) is 5.11 Å². The molecule has 0 bridgehead atoms. The molecule has 0 aliphatic rings. The van der Waals surface area contributed by atoms with E-state index in [1.165, 1.54) is 6.33 Å². The van der Waals surface area contributed by atoms with Crippen LogP contribution in [-0.4, -0.2) is 15.1 Å². The number of nitrogens with one attached hydrogen (secondary N) is 1. The highest BCUT2D eigenvalue weighted by atomic mass is 16.3. The van der Waals surface area contributed by atoms with Gasteiger partial charge in [-0.15, -0.1) is 0 Å². The van der Waals surface area contributed by atoms with E-state index in [0.717, 1.165) is 11.1 Å². The summed E-state index contributed by atoms with van der Waals surface area (Å²) in [6, 6.07) is 7.29. The third-order valence-electron chi connectivity index (χ3n) is 2.25. The van der Waals surface area contributed by atoms with Gasteiger partial charge in [0.05, 0.1) is 0 Å². The van der Waals surface area contributed by atoms with E-state index in [4.69, 9.17) is 0 Å². The fraction of sp³-hybridized carbons (Fsp3) is 0.167. The SMILES string of the molecule is Oc1ccccc1CNCc1cncnc1. The summed E-state index contributed by atoms with van der Waals surface area (Å²) in [4.78, 5) is 7.85. The zero-order valence-electron chi connectivity index (χ0n) is 8.80. The normalized spacial score (nSPS) is 10.2. The molecule has 0 aliphatic heterocycles. The van der Waals surface area contributed by atoms with Crippen LogP contribution >= 0.6 is 0 Å². The molecule has 0 saturated heterocycles. The molecule has 0 radical (unpaired) electrons. The molecule has 0 saturated carbocycles. The Bertz CT molecular complexity index is 445. The number of aromatic nitrogens is 2. The third kappa shape index (κ3) is 2.77. The molecule has 0 unspecified atom stereocenters. The average molecular weight is 215 g/mol. The predicted octanol–water partition coefficient (Wildman–Crippen LogP) is 1.47. The van der Waals surface area contributed by atoms with E-state index in [-0.39, 0.29) is 0 Å². The quantitative estimate of drug-likeness (QED) is 0.811. The van der Waals surface area contributed by atoms with Crippen molar-refractivity contribution in [2.75, 3.05) is 0 Å². The predicted molar refractivity (Wildman–Crippen MR) is 60.7 cm³/mol. The zero-order valence-corrected chi connectivity index (χ0v) is 8.80. The second-order valence-electron chi connectivity index (χ2n) is 3.48. The van der Waals surface area contributed by atoms with Gasteiger partial charge in [-0.3, -0.25) is 0 Å². The number of hydrogen-bond acceptors (Lipinski definition) is 4. The molecule has 1 heterocycles. The summed E-state index contributed by atoms with van der Waals surface area (Å²) in [6.45, 7) is 1.32. The van der Waals surface area contributed by atoms with Crippen molar-refractivity contribution in [1.82, 2.24) is 15.3 Å². The number of phenolic OH excluding ortho intramolecular Hbond substituents is 1. The summed E-state index contributed by atoms with van der Waals surface area (Å²) in [5.74, 6) is 0.319. The van der Waals surface area contributed by atoms with Gasteiger partial charge in [-0.2, -0.15) is 0 Å². The van der Waals surface area contributed by atoms with E-state index in [1.807, 2.05) is 18.2 Å². The van der Waals surface area contributed by atoms with Crippen LogP contribution in [0, 0.1) is 0 Å². The van der Waals surface area contributed by atoms with Crippen LogP contribution < -0.4 is 5.32 Å². The van der Waals surface area contributed by atoms with Crippen LogP contribution in [0.1, 0.15) is 11.1 Å². The number of para-hydroxylation sites is 1. The van der Waals surface area contributed by atoms with Gasteiger partial charge in [0.1, 0.15) is 12.1 Å². The Morgan fingerprint density at radius 1 is 1.06 bits per heavy atom. The van der Waals surface area contributed by atoms with E-state index in [0.29, 0.717) is 18.8 Å². The van der Waals surface area contributed by atoms with Crippen molar-refractivity contribution in [1.29, 1.82) is 0 Å². The molecule has 0 spiro atoms. The molecule has 0 amide bonds. The van der Waals surface area contributed by atoms with Gasteiger partial charge in [-0.1, -0.05) is 18.2 Å². The number of benzene rings is 1. The average Bonchev–Trinajstić information content (AvgIpc) is 2.33. The van der Waals surface area contributed by atoms with Crippen molar-refractivity contribution in [3.8, 4) is 5.75 Å². The van der Waals surface area contributed by atoms with Crippen molar-refractivity contribution >= 4 is 0 Å². The number of nitrogens with zero attached hydrogens (tertiary/aromatic N) is 2. The standard InChI is InChI=1S/C12H13N3O/c16-12-4-2-1-3-11(12)8-13-5-10-6-14-9-15-7-10/h1-4,6-7,9,13,16H,5,8H2. The Labute approximate surface area is 94.0 Å². The fourth-order valence-corrected chi connectivity index (χ4v) is 1.42. The molecule has 0 aliphatic carbocycles. The van der Waals surface area contributed by atoms with Crippen LogP contribution in [0.15, 0.2) is 43.0 Å². The molecule has 16 heavy (non-hydrogen) atoms. The maximum atomic E-state index is 9.54. The molecule has 4 heteroatoms. The number of hydrogen-bond donors (Lipinski definition) is 2. The zero-order chi connectivity index (χ0) is 11.2. The van der Waals surface area contributed by atoms with Crippen LogP contribution in [0.25, 0.3) is 0 Å². The first-order valence-electron chi connectivity index (χ1n) is 5.08. The monoisotopic (exact) mass is 215 g/mol. The van der Waals surface area contributed by atoms with Crippen LogP contribution in [0.3, 0.4) is 0 Å². The topological polar surface area (TPSA) is 58.0 Å². The molecule has 4 nitrogen and oxygen atoms in total. The lowest BCUT2D eigenvalue weighted by atomic mass is 10.2. The largest absolute Gasteiger partial charge is 0.508 e. The molecule has 1 aromatic carbocycles. The summed E-state index contributed by atoms with van der Waals surface area (Å²) in [6.07, 6.45) is 5.04. The van der Waals surface area contributed by atoms with Crippen LogP contribution in [0.5, 0.6) is 5.75 Å². The fourth-order valence-electron chi connectivity index (χ4n) is 1.42. The first kappa shape index (κ1) is 10.6. The van der Waals surface area contributed by atoms with Gasteiger partial charge in [0.15, 0.2) is 0 Å². The Kier molecular flexibility index (Phi) is 3.46. The summed E-state index contributed by atoms with van der Waals surface area (Å²) >= 11 is 0. The summed E-state index contributed by atoms with van der Waals surface area (Å²) < 4.78 is 0. The number of rotatable bonds is 4. The maximum Gasteiger partial charge on any atom is 0.120 e. The molecule has 0 fully saturated rings. The third-order valence-corrected chi connectivity index (χ3v) is 2.25. The summed E-state index contributed by atoms with van der Waals surface area (Å²) in [5, 5.41) is 12.8. The van der Waals surface area contributed by atoms with Crippen molar-refractivity contribution in [2.45, 2.75) is 13.1 Å². The molecule has 2 aromatic rings. The van der Waals surface area contributed by atoms with Gasteiger partial charge in [0.2, 0.25) is 0 Å². The van der Waals surface area contributed by atoms with Crippen LogP contribution in [-0.2, 0) is 13.1 Å². The minimum atomic E-state index is 0.319. The Hall–Kier alpha value is -1.94. The van der Waals surface area contributed by atoms with Crippen molar-refractivity contribution < 1.29 is 5.11 Å². The second-order valence-corrected chi connectivity index (χ2v) is 3.48. The highest BCUT2D eigenvalue weighted by Gasteiger charge is 1.98. The van der Waals surface area contributed by atoms with E-state index >= 15 is 0 Å². The highest BCUT2D eigenvalue weighted by molar-refractivity contribution is 5.31. The molecule has 2 N–H and O–H groups in total. The van der Waals surface area contributed by atoms with Crippen LogP contribution in [0.4, 0.5) is 0 Å². The van der Waals surface area contributed by atoms with Gasteiger partial charge in [0.25, 0.3) is 0 Å². The van der Waals surface area contributed by atoms with Crippen molar-refractivity contribution in [3.05, 3.63) is 54.1 Å².